The van der Waals surface area contributed by atoms with Gasteiger partial charge < -0.3 is 9.84 Å². The highest BCUT2D eigenvalue weighted by atomic mass is 35.5. The summed E-state index contributed by atoms with van der Waals surface area (Å²) >= 11 is 6.11. The van der Waals surface area contributed by atoms with Crippen LogP contribution in [0.15, 0.2) is 18.2 Å². The molecule has 0 spiro atoms. The first-order chi connectivity index (χ1) is 9.06. The number of carbonyl (C=O) groups is 1. The van der Waals surface area contributed by atoms with Gasteiger partial charge in [0.2, 0.25) is 0 Å². The molecule has 5 heteroatoms. The number of ether oxygens (including phenoxy) is 1. The van der Waals surface area contributed by atoms with Crippen molar-refractivity contribution in [3.8, 4) is 0 Å². The minimum absolute atomic E-state index is 0.0636. The number of carboxylic acids is 1. The molecule has 1 heterocycles. The summed E-state index contributed by atoms with van der Waals surface area (Å²) in [5.74, 6) is -0.789. The Morgan fingerprint density at radius 2 is 2.37 bits per heavy atom. The zero-order valence-electron chi connectivity index (χ0n) is 10.9. The predicted octanol–water partition coefficient (Wildman–Crippen LogP) is 2.32. The van der Waals surface area contributed by atoms with Crippen molar-refractivity contribution in [2.75, 3.05) is 19.8 Å². The maximum atomic E-state index is 10.9. The van der Waals surface area contributed by atoms with Crippen molar-refractivity contribution in [2.45, 2.75) is 25.9 Å². The van der Waals surface area contributed by atoms with E-state index in [2.05, 4.69) is 4.90 Å². The van der Waals surface area contributed by atoms with Crippen LogP contribution in [0.5, 0.6) is 0 Å². The second-order valence-electron chi connectivity index (χ2n) is 4.88. The number of aliphatic carboxylic acids is 1. The van der Waals surface area contributed by atoms with E-state index in [0.29, 0.717) is 19.8 Å². The van der Waals surface area contributed by atoms with Crippen molar-refractivity contribution in [1.29, 1.82) is 0 Å². The molecule has 0 amide bonds. The molecular formula is C14H18ClNO3. The number of hydrogen-bond donors (Lipinski definition) is 1. The van der Waals surface area contributed by atoms with Crippen molar-refractivity contribution in [1.82, 2.24) is 4.90 Å². The first-order valence-electron chi connectivity index (χ1n) is 6.35. The van der Waals surface area contributed by atoms with Gasteiger partial charge in [-0.05, 0) is 24.1 Å². The Hall–Kier alpha value is -1.10. The number of hydrogen-bond acceptors (Lipinski definition) is 3. The minimum atomic E-state index is -0.789. The minimum Gasteiger partial charge on any atom is -0.481 e. The summed E-state index contributed by atoms with van der Waals surface area (Å²) in [5.41, 5.74) is 2.15. The summed E-state index contributed by atoms with van der Waals surface area (Å²) in [6.07, 6.45) is 0.111. The van der Waals surface area contributed by atoms with Gasteiger partial charge in [-0.2, -0.15) is 0 Å². The Kier molecular flexibility index (Phi) is 4.80. The zero-order chi connectivity index (χ0) is 13.8. The lowest BCUT2D eigenvalue weighted by Gasteiger charge is -2.34. The lowest BCUT2D eigenvalue weighted by Crippen LogP contribution is -2.45. The smallest absolute Gasteiger partial charge is 0.305 e. The summed E-state index contributed by atoms with van der Waals surface area (Å²) in [5, 5.41) is 9.68. The van der Waals surface area contributed by atoms with Gasteiger partial charge in [-0.1, -0.05) is 23.7 Å². The molecule has 0 aliphatic carbocycles. The Bertz CT molecular complexity index is 464. The van der Waals surface area contributed by atoms with Crippen LogP contribution >= 0.6 is 11.6 Å². The molecule has 104 valence electrons. The topological polar surface area (TPSA) is 49.8 Å². The van der Waals surface area contributed by atoms with Crippen LogP contribution in [0, 0.1) is 6.92 Å². The second-order valence-corrected chi connectivity index (χ2v) is 5.29. The molecule has 0 saturated carbocycles. The Balaban J connectivity index is 2.06. The third-order valence-corrected chi connectivity index (χ3v) is 3.79. The van der Waals surface area contributed by atoms with Crippen LogP contribution in [-0.2, 0) is 16.1 Å². The molecule has 1 unspecified atom stereocenters. The summed E-state index contributed by atoms with van der Waals surface area (Å²) in [4.78, 5) is 13.0. The molecule has 2 rings (SSSR count). The lowest BCUT2D eigenvalue weighted by molar-refractivity contribution is -0.140. The molecule has 1 aromatic rings. The third kappa shape index (κ3) is 3.93. The van der Waals surface area contributed by atoms with Crippen LogP contribution in [0.4, 0.5) is 0 Å². The summed E-state index contributed by atoms with van der Waals surface area (Å²) < 4.78 is 5.36. The molecule has 0 radical (unpaired) electrons. The van der Waals surface area contributed by atoms with Crippen LogP contribution in [0.3, 0.4) is 0 Å². The van der Waals surface area contributed by atoms with Gasteiger partial charge in [0.05, 0.1) is 19.6 Å². The quantitative estimate of drug-likeness (QED) is 0.921. The van der Waals surface area contributed by atoms with E-state index < -0.39 is 5.97 Å². The van der Waals surface area contributed by atoms with E-state index in [1.807, 2.05) is 25.1 Å². The third-order valence-electron chi connectivity index (χ3n) is 3.38. The number of carboxylic acid groups (broad SMARTS) is 1. The van der Waals surface area contributed by atoms with Gasteiger partial charge in [0.15, 0.2) is 0 Å². The van der Waals surface area contributed by atoms with Gasteiger partial charge in [-0.3, -0.25) is 9.69 Å². The number of benzene rings is 1. The number of halogens is 1. The monoisotopic (exact) mass is 283 g/mol. The fraction of sp³-hybridized carbons (Fsp3) is 0.500. The molecule has 0 bridgehead atoms. The number of nitrogens with zero attached hydrogens (tertiary/aromatic N) is 1. The molecule has 1 fully saturated rings. The Labute approximate surface area is 117 Å². The van der Waals surface area contributed by atoms with Crippen molar-refractivity contribution in [2.24, 2.45) is 0 Å². The SMILES string of the molecule is Cc1ccc(CN2CCOCC2CC(=O)O)cc1Cl. The highest BCUT2D eigenvalue weighted by Gasteiger charge is 2.25. The van der Waals surface area contributed by atoms with E-state index in [9.17, 15) is 4.79 Å². The zero-order valence-corrected chi connectivity index (χ0v) is 11.7. The van der Waals surface area contributed by atoms with Gasteiger partial charge in [0, 0.05) is 24.2 Å². The molecule has 1 aromatic carbocycles. The summed E-state index contributed by atoms with van der Waals surface area (Å²) in [6, 6.07) is 5.91. The largest absolute Gasteiger partial charge is 0.481 e. The van der Waals surface area contributed by atoms with Crippen LogP contribution in [-0.4, -0.2) is 41.8 Å². The maximum absolute atomic E-state index is 10.9. The van der Waals surface area contributed by atoms with E-state index in [1.165, 1.54) is 0 Å². The second kappa shape index (κ2) is 6.37. The van der Waals surface area contributed by atoms with Gasteiger partial charge >= 0.3 is 5.97 Å². The molecule has 1 saturated heterocycles. The summed E-state index contributed by atoms with van der Waals surface area (Å²) in [6.45, 7) is 4.56. The molecule has 1 N–H and O–H groups in total. The normalized spacial score (nSPS) is 20.4. The molecule has 0 aromatic heterocycles. The predicted molar refractivity (Wildman–Crippen MR) is 73.5 cm³/mol. The fourth-order valence-electron chi connectivity index (χ4n) is 2.26. The standard InChI is InChI=1S/C14H18ClNO3/c1-10-2-3-11(6-13(10)15)8-16-4-5-19-9-12(16)7-14(17)18/h2-3,6,12H,4-5,7-9H2,1H3,(H,17,18). The van der Waals surface area contributed by atoms with E-state index >= 15 is 0 Å². The van der Waals surface area contributed by atoms with Crippen molar-refractivity contribution < 1.29 is 14.6 Å². The highest BCUT2D eigenvalue weighted by Crippen LogP contribution is 2.20. The first-order valence-corrected chi connectivity index (χ1v) is 6.72. The van der Waals surface area contributed by atoms with E-state index in [-0.39, 0.29) is 12.5 Å². The van der Waals surface area contributed by atoms with Crippen LogP contribution < -0.4 is 0 Å². The van der Waals surface area contributed by atoms with Crippen molar-refractivity contribution in [3.05, 3.63) is 34.3 Å². The van der Waals surface area contributed by atoms with Crippen molar-refractivity contribution >= 4 is 17.6 Å². The fourth-order valence-corrected chi connectivity index (χ4v) is 2.46. The molecule has 1 aliphatic heterocycles. The molecule has 1 aliphatic rings. The molecular weight excluding hydrogens is 266 g/mol. The van der Waals surface area contributed by atoms with E-state index in [1.54, 1.807) is 0 Å². The van der Waals surface area contributed by atoms with Crippen LogP contribution in [0.25, 0.3) is 0 Å². The van der Waals surface area contributed by atoms with E-state index in [0.717, 1.165) is 22.7 Å². The van der Waals surface area contributed by atoms with Gasteiger partial charge in [0.1, 0.15) is 0 Å². The van der Waals surface area contributed by atoms with Crippen LogP contribution in [0.2, 0.25) is 5.02 Å². The van der Waals surface area contributed by atoms with Crippen molar-refractivity contribution in [3.63, 3.8) is 0 Å². The first kappa shape index (κ1) is 14.3. The van der Waals surface area contributed by atoms with E-state index in [4.69, 9.17) is 21.4 Å². The number of aryl methyl sites for hydroxylation is 1. The van der Waals surface area contributed by atoms with Gasteiger partial charge in [-0.15, -0.1) is 0 Å². The number of rotatable bonds is 4. The molecule has 1 atom stereocenters. The Morgan fingerprint density at radius 3 is 3.05 bits per heavy atom. The van der Waals surface area contributed by atoms with Crippen LogP contribution in [0.1, 0.15) is 17.5 Å². The average Bonchev–Trinajstić information content (AvgIpc) is 2.36. The molecule has 19 heavy (non-hydrogen) atoms. The lowest BCUT2D eigenvalue weighted by atomic mass is 10.1. The van der Waals surface area contributed by atoms with Gasteiger partial charge in [0.25, 0.3) is 0 Å². The Morgan fingerprint density at radius 1 is 1.58 bits per heavy atom. The average molecular weight is 284 g/mol. The van der Waals surface area contributed by atoms with Gasteiger partial charge in [-0.25, -0.2) is 0 Å². The maximum Gasteiger partial charge on any atom is 0.305 e. The molecule has 4 nitrogen and oxygen atoms in total. The highest BCUT2D eigenvalue weighted by molar-refractivity contribution is 6.31. The summed E-state index contributed by atoms with van der Waals surface area (Å²) in [7, 11) is 0. The number of morpholine rings is 1.